The Bertz CT molecular complexity index is 881. The second kappa shape index (κ2) is 7.92. The van der Waals surface area contributed by atoms with Crippen molar-refractivity contribution in [2.75, 3.05) is 6.61 Å². The third kappa shape index (κ3) is 3.91. The maximum atomic E-state index is 10.1. The maximum Gasteiger partial charge on any atom is 0.138 e. The number of ether oxygens (including phenoxy) is 1. The number of aryl methyl sites for hydroxylation is 2. The van der Waals surface area contributed by atoms with Crippen LogP contribution in [0.15, 0.2) is 42.5 Å². The van der Waals surface area contributed by atoms with Crippen molar-refractivity contribution in [3.05, 3.63) is 59.4 Å². The highest BCUT2D eigenvalue weighted by Gasteiger charge is 2.14. The molecule has 4 nitrogen and oxygen atoms in total. The average molecular weight is 352 g/mol. The number of benzene rings is 2. The number of nitrogens with zero attached hydrogens (tertiary/aromatic N) is 2. The first kappa shape index (κ1) is 18.5. The Morgan fingerprint density at radius 2 is 1.88 bits per heavy atom. The standard InChI is InChI=1S/C22H28N2O2/c1-15(2)18-11-10-16(3)14-21(18)26-13-7-12-24-20-9-6-5-8-19(20)23-22(24)17(4)25/h5-6,8-11,14-15,17,25H,7,12-13H2,1-4H3/t17-/m0/s1. The van der Waals surface area contributed by atoms with Crippen LogP contribution in [0.1, 0.15) is 56.2 Å². The molecule has 0 unspecified atom stereocenters. The quantitative estimate of drug-likeness (QED) is 0.609. The predicted octanol–water partition coefficient (Wildman–Crippen LogP) is 4.99. The van der Waals surface area contributed by atoms with Crippen LogP contribution in [0.5, 0.6) is 5.75 Å². The minimum absolute atomic E-state index is 0.435. The smallest absolute Gasteiger partial charge is 0.138 e. The number of aliphatic hydroxyl groups is 1. The van der Waals surface area contributed by atoms with E-state index < -0.39 is 6.10 Å². The van der Waals surface area contributed by atoms with Crippen molar-refractivity contribution in [2.24, 2.45) is 0 Å². The van der Waals surface area contributed by atoms with Crippen LogP contribution < -0.4 is 4.74 Å². The maximum absolute atomic E-state index is 10.1. The Hall–Kier alpha value is -2.33. The summed E-state index contributed by atoms with van der Waals surface area (Å²) in [6.45, 7) is 9.62. The lowest BCUT2D eigenvalue weighted by Crippen LogP contribution is -2.10. The van der Waals surface area contributed by atoms with E-state index in [-0.39, 0.29) is 0 Å². The minimum Gasteiger partial charge on any atom is -0.493 e. The molecule has 0 fully saturated rings. The molecule has 26 heavy (non-hydrogen) atoms. The topological polar surface area (TPSA) is 47.3 Å². The van der Waals surface area contributed by atoms with Crippen LogP contribution in [0, 0.1) is 6.92 Å². The van der Waals surface area contributed by atoms with Crippen molar-refractivity contribution in [1.82, 2.24) is 9.55 Å². The van der Waals surface area contributed by atoms with Crippen LogP contribution in [-0.4, -0.2) is 21.3 Å². The van der Waals surface area contributed by atoms with Gasteiger partial charge in [-0.15, -0.1) is 0 Å². The lowest BCUT2D eigenvalue weighted by molar-refractivity contribution is 0.183. The van der Waals surface area contributed by atoms with E-state index in [1.807, 2.05) is 24.3 Å². The van der Waals surface area contributed by atoms with Gasteiger partial charge in [0.1, 0.15) is 17.7 Å². The molecule has 0 radical (unpaired) electrons. The molecule has 4 heteroatoms. The molecule has 138 valence electrons. The highest BCUT2D eigenvalue weighted by atomic mass is 16.5. The Morgan fingerprint density at radius 1 is 1.12 bits per heavy atom. The van der Waals surface area contributed by atoms with Crippen molar-refractivity contribution in [3.63, 3.8) is 0 Å². The number of imidazole rings is 1. The first-order chi connectivity index (χ1) is 12.5. The van der Waals surface area contributed by atoms with Gasteiger partial charge in [-0.2, -0.15) is 0 Å². The second-order valence-electron chi connectivity index (χ2n) is 7.18. The number of rotatable bonds is 7. The Labute approximate surface area is 155 Å². The molecule has 1 atom stereocenters. The molecule has 0 aliphatic heterocycles. The number of aliphatic hydroxyl groups excluding tert-OH is 1. The van der Waals surface area contributed by atoms with E-state index in [1.165, 1.54) is 11.1 Å². The summed E-state index contributed by atoms with van der Waals surface area (Å²) < 4.78 is 8.19. The zero-order chi connectivity index (χ0) is 18.7. The summed E-state index contributed by atoms with van der Waals surface area (Å²) >= 11 is 0. The van der Waals surface area contributed by atoms with Crippen LogP contribution >= 0.6 is 0 Å². The summed E-state index contributed by atoms with van der Waals surface area (Å²) in [6, 6.07) is 14.4. The zero-order valence-electron chi connectivity index (χ0n) is 16.1. The highest BCUT2D eigenvalue weighted by molar-refractivity contribution is 5.75. The fraction of sp³-hybridized carbons (Fsp3) is 0.409. The lowest BCUT2D eigenvalue weighted by Gasteiger charge is -2.16. The summed E-state index contributed by atoms with van der Waals surface area (Å²) in [6.07, 6.45) is 0.263. The van der Waals surface area contributed by atoms with E-state index in [4.69, 9.17) is 4.74 Å². The summed E-state index contributed by atoms with van der Waals surface area (Å²) in [7, 11) is 0. The van der Waals surface area contributed by atoms with E-state index in [0.717, 1.165) is 29.7 Å². The second-order valence-corrected chi connectivity index (χ2v) is 7.18. The van der Waals surface area contributed by atoms with Crippen LogP contribution in [0.3, 0.4) is 0 Å². The number of hydrogen-bond donors (Lipinski definition) is 1. The third-order valence-electron chi connectivity index (χ3n) is 4.63. The SMILES string of the molecule is Cc1ccc(C(C)C)c(OCCCn2c([C@H](C)O)nc3ccccc32)c1. The molecule has 1 heterocycles. The molecule has 0 spiro atoms. The Morgan fingerprint density at radius 3 is 2.62 bits per heavy atom. The summed E-state index contributed by atoms with van der Waals surface area (Å²) in [5.74, 6) is 2.13. The van der Waals surface area contributed by atoms with Gasteiger partial charge in [0.2, 0.25) is 0 Å². The van der Waals surface area contributed by atoms with Gasteiger partial charge < -0.3 is 14.4 Å². The lowest BCUT2D eigenvalue weighted by atomic mass is 10.0. The molecule has 1 aromatic heterocycles. The van der Waals surface area contributed by atoms with Gasteiger partial charge in [0.15, 0.2) is 0 Å². The number of hydrogen-bond acceptors (Lipinski definition) is 3. The highest BCUT2D eigenvalue weighted by Crippen LogP contribution is 2.28. The normalized spacial score (nSPS) is 12.7. The molecule has 0 amide bonds. The molecule has 0 saturated carbocycles. The van der Waals surface area contributed by atoms with Crippen LogP contribution in [-0.2, 0) is 6.54 Å². The number of para-hydroxylation sites is 2. The molecule has 0 aliphatic rings. The van der Waals surface area contributed by atoms with Gasteiger partial charge in [0, 0.05) is 6.54 Å². The summed E-state index contributed by atoms with van der Waals surface area (Å²) in [5, 5.41) is 10.1. The predicted molar refractivity (Wildman–Crippen MR) is 106 cm³/mol. The summed E-state index contributed by atoms with van der Waals surface area (Å²) in [5.41, 5.74) is 4.43. The first-order valence-corrected chi connectivity index (χ1v) is 9.34. The van der Waals surface area contributed by atoms with E-state index >= 15 is 0 Å². The van der Waals surface area contributed by atoms with E-state index in [0.29, 0.717) is 18.3 Å². The molecule has 3 rings (SSSR count). The van der Waals surface area contributed by atoms with Crippen molar-refractivity contribution in [1.29, 1.82) is 0 Å². The van der Waals surface area contributed by atoms with Crippen molar-refractivity contribution < 1.29 is 9.84 Å². The fourth-order valence-electron chi connectivity index (χ4n) is 3.30. The van der Waals surface area contributed by atoms with Gasteiger partial charge in [-0.05, 0) is 55.5 Å². The number of aromatic nitrogens is 2. The van der Waals surface area contributed by atoms with Gasteiger partial charge >= 0.3 is 0 Å². The molecule has 2 aromatic carbocycles. The van der Waals surface area contributed by atoms with Crippen LogP contribution in [0.4, 0.5) is 0 Å². The monoisotopic (exact) mass is 352 g/mol. The number of fused-ring (bicyclic) bond motifs is 1. The fourth-order valence-corrected chi connectivity index (χ4v) is 3.30. The van der Waals surface area contributed by atoms with Crippen LogP contribution in [0.25, 0.3) is 11.0 Å². The molecule has 0 aliphatic carbocycles. The zero-order valence-corrected chi connectivity index (χ0v) is 16.1. The van der Waals surface area contributed by atoms with Crippen molar-refractivity contribution in [2.45, 2.75) is 52.7 Å². The molecule has 0 bridgehead atoms. The van der Waals surface area contributed by atoms with Gasteiger partial charge in [-0.1, -0.05) is 38.1 Å². The molecule has 1 N–H and O–H groups in total. The summed E-state index contributed by atoms with van der Waals surface area (Å²) in [4.78, 5) is 4.57. The van der Waals surface area contributed by atoms with Crippen molar-refractivity contribution in [3.8, 4) is 5.75 Å². The average Bonchev–Trinajstić information content (AvgIpc) is 2.97. The van der Waals surface area contributed by atoms with Gasteiger partial charge in [0.05, 0.1) is 17.6 Å². The Balaban J connectivity index is 1.71. The minimum atomic E-state index is -0.590. The van der Waals surface area contributed by atoms with E-state index in [2.05, 4.69) is 48.5 Å². The molecule has 0 saturated heterocycles. The van der Waals surface area contributed by atoms with Gasteiger partial charge in [-0.3, -0.25) is 0 Å². The van der Waals surface area contributed by atoms with E-state index in [1.54, 1.807) is 6.92 Å². The van der Waals surface area contributed by atoms with Gasteiger partial charge in [0.25, 0.3) is 0 Å². The molecule has 3 aromatic rings. The van der Waals surface area contributed by atoms with Crippen molar-refractivity contribution >= 4 is 11.0 Å². The molecular weight excluding hydrogens is 324 g/mol. The van der Waals surface area contributed by atoms with Gasteiger partial charge in [-0.25, -0.2) is 4.98 Å². The third-order valence-corrected chi connectivity index (χ3v) is 4.63. The van der Waals surface area contributed by atoms with Crippen LogP contribution in [0.2, 0.25) is 0 Å². The molecular formula is C22H28N2O2. The Kier molecular flexibility index (Phi) is 5.62. The largest absolute Gasteiger partial charge is 0.493 e. The first-order valence-electron chi connectivity index (χ1n) is 9.34. The van der Waals surface area contributed by atoms with E-state index in [9.17, 15) is 5.11 Å².